The van der Waals surface area contributed by atoms with Crippen molar-refractivity contribution in [1.29, 1.82) is 0 Å². The fraction of sp³-hybridized carbons (Fsp3) is 0.318. The van der Waals surface area contributed by atoms with Crippen LogP contribution in [-0.4, -0.2) is 21.0 Å². The Bertz CT molecular complexity index is 1290. The first-order valence-electron chi connectivity index (χ1n) is 9.67. The van der Waals surface area contributed by atoms with E-state index in [0.29, 0.717) is 0 Å². The number of terminal acetylenes is 1. The molecule has 2 heterocycles. The van der Waals surface area contributed by atoms with Gasteiger partial charge >= 0.3 is 0 Å². The summed E-state index contributed by atoms with van der Waals surface area (Å²) in [6.45, 7) is 1.54. The fourth-order valence-corrected chi connectivity index (χ4v) is 3.68. The number of rotatable bonds is 6. The summed E-state index contributed by atoms with van der Waals surface area (Å²) < 4.78 is 69.0. The van der Waals surface area contributed by atoms with Crippen LogP contribution >= 0.6 is 0 Å². The number of pyridine rings is 1. The van der Waals surface area contributed by atoms with Crippen molar-refractivity contribution in [3.05, 3.63) is 63.6 Å². The van der Waals surface area contributed by atoms with E-state index in [9.17, 15) is 26.7 Å². The number of aryl methyl sites for hydroxylation is 1. The number of anilines is 1. The lowest BCUT2D eigenvalue weighted by molar-refractivity contribution is 0.0654. The molecular formula is C22H17F5N4O. The zero-order chi connectivity index (χ0) is 23.2. The average molecular weight is 448 g/mol. The summed E-state index contributed by atoms with van der Waals surface area (Å²) in [6.07, 6.45) is 1.28. The minimum Gasteiger partial charge on any atom is -0.352 e. The van der Waals surface area contributed by atoms with Crippen molar-refractivity contribution in [3.8, 4) is 12.3 Å². The molecule has 0 saturated heterocycles. The van der Waals surface area contributed by atoms with Gasteiger partial charge in [-0.3, -0.25) is 4.79 Å². The minimum atomic E-state index is -3.03. The van der Waals surface area contributed by atoms with Crippen LogP contribution in [0, 0.1) is 25.1 Å². The van der Waals surface area contributed by atoms with Gasteiger partial charge in [0.15, 0.2) is 0 Å². The highest BCUT2D eigenvalue weighted by Gasteiger charge is 2.53. The van der Waals surface area contributed by atoms with Crippen LogP contribution in [0.15, 0.2) is 35.3 Å². The highest BCUT2D eigenvalue weighted by molar-refractivity contribution is 5.88. The monoisotopic (exact) mass is 448 g/mol. The quantitative estimate of drug-likeness (QED) is 0.438. The standard InChI is InChI=1S/C22H17F5N4O/c1-3-15(12-5-4-6-13(18(12)23)19(24)25)30-20-14-10-31(22(7-8-22)21(26)27)17(32)9-16(14)28-11(2)29-20/h1,4-6,9-10,15,19,21H,7-8H2,2H3,(H,28,29,30). The Morgan fingerprint density at radius 1 is 1.19 bits per heavy atom. The van der Waals surface area contributed by atoms with Crippen molar-refractivity contribution in [2.24, 2.45) is 0 Å². The second-order valence-corrected chi connectivity index (χ2v) is 7.60. The highest BCUT2D eigenvalue weighted by Crippen LogP contribution is 2.48. The van der Waals surface area contributed by atoms with Crippen molar-refractivity contribution in [1.82, 2.24) is 14.5 Å². The van der Waals surface area contributed by atoms with Crippen molar-refractivity contribution in [2.45, 2.75) is 44.2 Å². The Labute approximate surface area is 179 Å². The number of fused-ring (bicyclic) bond motifs is 1. The van der Waals surface area contributed by atoms with E-state index in [0.717, 1.165) is 16.7 Å². The van der Waals surface area contributed by atoms with Crippen LogP contribution < -0.4 is 10.9 Å². The molecule has 1 aliphatic carbocycles. The minimum absolute atomic E-state index is 0.0658. The lowest BCUT2D eigenvalue weighted by atomic mass is 10.0. The highest BCUT2D eigenvalue weighted by atomic mass is 19.3. The van der Waals surface area contributed by atoms with Crippen LogP contribution in [0.4, 0.5) is 27.8 Å². The van der Waals surface area contributed by atoms with Crippen molar-refractivity contribution < 1.29 is 22.0 Å². The van der Waals surface area contributed by atoms with E-state index in [1.165, 1.54) is 18.3 Å². The first kappa shape index (κ1) is 21.7. The smallest absolute Gasteiger partial charge is 0.266 e. The molecule has 10 heteroatoms. The van der Waals surface area contributed by atoms with Crippen LogP contribution in [0.25, 0.3) is 10.9 Å². The maximum atomic E-state index is 14.6. The van der Waals surface area contributed by atoms with Crippen LogP contribution in [0.5, 0.6) is 0 Å². The van der Waals surface area contributed by atoms with Gasteiger partial charge in [0.05, 0.1) is 16.5 Å². The van der Waals surface area contributed by atoms with Crippen LogP contribution in [0.1, 0.15) is 42.3 Å². The number of aromatic nitrogens is 3. The summed E-state index contributed by atoms with van der Waals surface area (Å²) in [4.78, 5) is 20.9. The van der Waals surface area contributed by atoms with E-state index in [1.54, 1.807) is 6.92 Å². The van der Waals surface area contributed by atoms with E-state index in [-0.39, 0.29) is 41.0 Å². The van der Waals surface area contributed by atoms with Crippen molar-refractivity contribution >= 4 is 16.7 Å². The first-order valence-corrected chi connectivity index (χ1v) is 9.67. The maximum Gasteiger partial charge on any atom is 0.266 e. The molecule has 2 aromatic heterocycles. The molecule has 0 amide bonds. The van der Waals surface area contributed by atoms with Crippen LogP contribution in [-0.2, 0) is 5.54 Å². The topological polar surface area (TPSA) is 59.8 Å². The molecule has 1 atom stereocenters. The third kappa shape index (κ3) is 3.57. The van der Waals surface area contributed by atoms with E-state index in [4.69, 9.17) is 6.42 Å². The molecule has 1 saturated carbocycles. The number of hydrogen-bond acceptors (Lipinski definition) is 4. The predicted octanol–water partition coefficient (Wildman–Crippen LogP) is 4.72. The zero-order valence-corrected chi connectivity index (χ0v) is 16.8. The van der Waals surface area contributed by atoms with Crippen molar-refractivity contribution in [3.63, 3.8) is 0 Å². The number of alkyl halides is 4. The Kier molecular flexibility index (Phi) is 5.36. The normalized spacial score (nSPS) is 15.7. The van der Waals surface area contributed by atoms with Gasteiger partial charge in [-0.15, -0.1) is 6.42 Å². The fourth-order valence-electron chi connectivity index (χ4n) is 3.68. The van der Waals surface area contributed by atoms with Crippen LogP contribution in [0.2, 0.25) is 0 Å². The molecule has 1 aromatic carbocycles. The third-order valence-electron chi connectivity index (χ3n) is 5.54. The third-order valence-corrected chi connectivity index (χ3v) is 5.54. The van der Waals surface area contributed by atoms with E-state index in [1.807, 2.05) is 0 Å². The molecule has 0 bridgehead atoms. The number of nitrogens with zero attached hydrogens (tertiary/aromatic N) is 3. The van der Waals surface area contributed by atoms with E-state index < -0.39 is 41.4 Å². The SMILES string of the molecule is C#CC(Nc1nc(C)nc2cc(=O)n(C3(C(F)F)CC3)cc12)c1cccc(C(F)F)c1F. The van der Waals surface area contributed by atoms with Gasteiger partial charge < -0.3 is 9.88 Å². The predicted molar refractivity (Wildman–Crippen MR) is 108 cm³/mol. The molecule has 1 aliphatic rings. The lowest BCUT2D eigenvalue weighted by Gasteiger charge is -2.20. The van der Waals surface area contributed by atoms with Gasteiger partial charge in [-0.05, 0) is 19.8 Å². The average Bonchev–Trinajstić information content (AvgIpc) is 3.53. The second kappa shape index (κ2) is 7.89. The molecule has 0 aliphatic heterocycles. The van der Waals surface area contributed by atoms with Gasteiger partial charge in [0.1, 0.15) is 29.0 Å². The number of benzene rings is 1. The van der Waals surface area contributed by atoms with Gasteiger partial charge in [0.25, 0.3) is 18.4 Å². The van der Waals surface area contributed by atoms with Crippen molar-refractivity contribution in [2.75, 3.05) is 5.32 Å². The Morgan fingerprint density at radius 3 is 2.47 bits per heavy atom. The van der Waals surface area contributed by atoms with Gasteiger partial charge in [-0.2, -0.15) is 0 Å². The summed E-state index contributed by atoms with van der Waals surface area (Å²) in [5.74, 6) is 1.45. The first-order chi connectivity index (χ1) is 15.2. The van der Waals surface area contributed by atoms with Gasteiger partial charge in [0, 0.05) is 17.8 Å². The molecule has 0 spiro atoms. The van der Waals surface area contributed by atoms with Gasteiger partial charge in [0.2, 0.25) is 0 Å². The molecule has 1 fully saturated rings. The number of nitrogens with one attached hydrogen (secondary N) is 1. The van der Waals surface area contributed by atoms with E-state index in [2.05, 4.69) is 21.2 Å². The molecule has 4 rings (SSSR count). The maximum absolute atomic E-state index is 14.6. The molecule has 5 nitrogen and oxygen atoms in total. The Hall–Kier alpha value is -3.48. The number of halogens is 5. The molecule has 1 N–H and O–H groups in total. The Balaban J connectivity index is 1.83. The van der Waals surface area contributed by atoms with Crippen LogP contribution in [0.3, 0.4) is 0 Å². The molecule has 3 aromatic rings. The summed E-state index contributed by atoms with van der Waals surface area (Å²) in [6, 6.07) is 3.41. The largest absolute Gasteiger partial charge is 0.352 e. The molecule has 0 radical (unpaired) electrons. The lowest BCUT2D eigenvalue weighted by Crippen LogP contribution is -2.35. The summed E-state index contributed by atoms with van der Waals surface area (Å²) in [5.41, 5.74) is -3.03. The Morgan fingerprint density at radius 2 is 1.88 bits per heavy atom. The van der Waals surface area contributed by atoms with Gasteiger partial charge in [-0.25, -0.2) is 31.9 Å². The molecule has 166 valence electrons. The zero-order valence-electron chi connectivity index (χ0n) is 16.8. The second-order valence-electron chi connectivity index (χ2n) is 7.60. The molecular weight excluding hydrogens is 431 g/mol. The summed E-state index contributed by atoms with van der Waals surface area (Å²) in [5, 5.41) is 3.02. The molecule has 32 heavy (non-hydrogen) atoms. The van der Waals surface area contributed by atoms with E-state index >= 15 is 0 Å². The summed E-state index contributed by atoms with van der Waals surface area (Å²) >= 11 is 0. The summed E-state index contributed by atoms with van der Waals surface area (Å²) in [7, 11) is 0. The number of hydrogen-bond donors (Lipinski definition) is 1. The van der Waals surface area contributed by atoms with Gasteiger partial charge in [-0.1, -0.05) is 24.1 Å². The molecule has 1 unspecified atom stereocenters.